The largest absolute Gasteiger partial charge is 0.612 e. The van der Waals surface area contributed by atoms with E-state index in [1.807, 2.05) is 41.3 Å². The van der Waals surface area contributed by atoms with Gasteiger partial charge in [-0.05, 0) is 67.9 Å². The molecule has 0 spiro atoms. The van der Waals surface area contributed by atoms with E-state index in [-0.39, 0.29) is 16.5 Å². The Morgan fingerprint density at radius 2 is 1.85 bits per heavy atom. The zero-order valence-corrected chi connectivity index (χ0v) is 23.4. The van der Waals surface area contributed by atoms with Crippen LogP contribution < -0.4 is 0 Å². The number of hydrogen-bond donors (Lipinski definition) is 1. The molecule has 1 unspecified atom stereocenters. The van der Waals surface area contributed by atoms with Crippen molar-refractivity contribution in [2.45, 2.75) is 43.4 Å². The van der Waals surface area contributed by atoms with E-state index in [0.29, 0.717) is 28.7 Å². The predicted octanol–water partition coefficient (Wildman–Crippen LogP) is 4.66. The van der Waals surface area contributed by atoms with Crippen molar-refractivity contribution in [2.75, 3.05) is 13.1 Å². The van der Waals surface area contributed by atoms with Crippen LogP contribution >= 0.6 is 11.3 Å². The number of hydrogen-bond acceptors (Lipinski definition) is 7. The number of amides is 1. The number of thiol groups is 1. The fourth-order valence-corrected chi connectivity index (χ4v) is 6.33. The van der Waals surface area contributed by atoms with E-state index >= 15 is 0 Å². The Balaban J connectivity index is 1.47. The number of likely N-dealkylation sites (tertiary alicyclic amines) is 1. The zero-order chi connectivity index (χ0) is 27.8. The summed E-state index contributed by atoms with van der Waals surface area (Å²) in [6.45, 7) is 1.52. The van der Waals surface area contributed by atoms with Gasteiger partial charge < -0.3 is 14.6 Å². The van der Waals surface area contributed by atoms with Gasteiger partial charge >= 0.3 is 5.97 Å². The Morgan fingerprint density at radius 3 is 2.50 bits per heavy atom. The third-order valence-corrected chi connectivity index (χ3v) is 9.00. The number of carbonyl (C=O) groups is 2. The van der Waals surface area contributed by atoms with Gasteiger partial charge in [0.1, 0.15) is 0 Å². The average molecular weight is 577 g/mol. The normalized spacial score (nSPS) is 15.9. The van der Waals surface area contributed by atoms with Crippen molar-refractivity contribution in [3.63, 3.8) is 0 Å². The van der Waals surface area contributed by atoms with Crippen molar-refractivity contribution in [1.82, 2.24) is 19.7 Å². The summed E-state index contributed by atoms with van der Waals surface area (Å²) in [6.07, 6.45) is 5.51. The molecule has 1 amide bonds. The summed E-state index contributed by atoms with van der Waals surface area (Å²) in [5.41, 5.74) is 4.92. The van der Waals surface area contributed by atoms with Gasteiger partial charge in [0, 0.05) is 41.6 Å². The quantitative estimate of drug-likeness (QED) is 0.227. The molecule has 1 aliphatic heterocycles. The number of carboxylic acids is 1. The standard InChI is InChI=1S/C29H28N4O5S2/c34-27(32-12-1-2-13-32)21-5-3-4-20(16-21)26-23(14-18-8-10-22(11-9-18)40(37)38)25(15-19-6-7-19)33(31-26)29-30-24(17-39-29)28(35)36/h3-5,8-11,16-17,19,40H,1-2,6-7,12-15H2,(H-,35,36,37,38). The number of aromatic carboxylic acids is 1. The van der Waals surface area contributed by atoms with Gasteiger partial charge in [-0.25, -0.2) is 14.5 Å². The highest BCUT2D eigenvalue weighted by Gasteiger charge is 2.30. The molecule has 9 nitrogen and oxygen atoms in total. The van der Waals surface area contributed by atoms with E-state index < -0.39 is 17.0 Å². The summed E-state index contributed by atoms with van der Waals surface area (Å²) in [5.74, 6) is -0.577. The first-order valence-electron chi connectivity index (χ1n) is 13.3. The van der Waals surface area contributed by atoms with Gasteiger partial charge in [-0.15, -0.1) is 15.5 Å². The molecule has 0 bridgehead atoms. The van der Waals surface area contributed by atoms with Gasteiger partial charge in [-0.2, -0.15) is 5.10 Å². The molecule has 2 aliphatic rings. The SMILES string of the molecule is O=C(O)c1csc(-n2nc(-c3cccc(C(=O)N4CCCC4)c3)c(Cc3ccc([SH+](=O)[O-])cc3)c2CC2CC2)n1. The van der Waals surface area contributed by atoms with E-state index in [1.54, 1.807) is 16.8 Å². The number of carbonyl (C=O) groups excluding carboxylic acids is 1. The molecule has 1 N–H and O–H groups in total. The minimum absolute atomic E-state index is 0.00636. The first kappa shape index (κ1) is 26.5. The molecule has 6 rings (SSSR count). The Morgan fingerprint density at radius 1 is 1.10 bits per heavy atom. The van der Waals surface area contributed by atoms with Gasteiger partial charge in [-0.3, -0.25) is 4.79 Å². The van der Waals surface area contributed by atoms with E-state index in [4.69, 9.17) is 5.10 Å². The molecule has 206 valence electrons. The van der Waals surface area contributed by atoms with Crippen LogP contribution in [0.5, 0.6) is 0 Å². The van der Waals surface area contributed by atoms with Crippen molar-refractivity contribution in [3.05, 3.63) is 82.0 Å². The Bertz CT molecular complexity index is 1600. The number of benzene rings is 2. The van der Waals surface area contributed by atoms with Crippen LogP contribution in [0.3, 0.4) is 0 Å². The van der Waals surface area contributed by atoms with Gasteiger partial charge in [0.15, 0.2) is 10.6 Å². The smallest absolute Gasteiger partial charge is 0.355 e. The van der Waals surface area contributed by atoms with Crippen molar-refractivity contribution >= 4 is 34.3 Å². The Hall–Kier alpha value is -3.67. The predicted molar refractivity (Wildman–Crippen MR) is 151 cm³/mol. The monoisotopic (exact) mass is 576 g/mol. The lowest BCUT2D eigenvalue weighted by Crippen LogP contribution is -2.27. The second kappa shape index (κ2) is 11.1. The number of rotatable bonds is 9. The van der Waals surface area contributed by atoms with E-state index in [1.165, 1.54) is 16.7 Å². The first-order valence-corrected chi connectivity index (χ1v) is 15.4. The molecule has 11 heteroatoms. The molecular formula is C29H28N4O5S2. The summed E-state index contributed by atoms with van der Waals surface area (Å²) in [6, 6.07) is 14.3. The number of aromatic nitrogens is 3. The molecule has 0 radical (unpaired) electrons. The highest BCUT2D eigenvalue weighted by atomic mass is 32.2. The third-order valence-electron chi connectivity index (χ3n) is 7.47. The second-order valence-corrected chi connectivity index (χ2v) is 12.2. The fourth-order valence-electron chi connectivity index (χ4n) is 5.17. The molecule has 3 heterocycles. The Labute approximate surface area is 237 Å². The highest BCUT2D eigenvalue weighted by Crippen LogP contribution is 2.38. The van der Waals surface area contributed by atoms with Crippen LogP contribution in [0.4, 0.5) is 0 Å². The van der Waals surface area contributed by atoms with Gasteiger partial charge in [0.2, 0.25) is 5.13 Å². The van der Waals surface area contributed by atoms with Crippen LogP contribution in [0.25, 0.3) is 16.4 Å². The first-order chi connectivity index (χ1) is 19.4. The van der Waals surface area contributed by atoms with Crippen molar-refractivity contribution in [3.8, 4) is 16.4 Å². The molecule has 40 heavy (non-hydrogen) atoms. The maximum absolute atomic E-state index is 13.2. The van der Waals surface area contributed by atoms with E-state index in [0.717, 1.165) is 67.6 Å². The summed E-state index contributed by atoms with van der Waals surface area (Å²) < 4.78 is 24.6. The van der Waals surface area contributed by atoms with Crippen molar-refractivity contribution in [2.24, 2.45) is 5.92 Å². The molecule has 1 aliphatic carbocycles. The van der Waals surface area contributed by atoms with Crippen LogP contribution in [0, 0.1) is 5.92 Å². The van der Waals surface area contributed by atoms with Crippen LogP contribution in [-0.4, -0.2) is 54.3 Å². The lowest BCUT2D eigenvalue weighted by Gasteiger charge is -2.15. The lowest BCUT2D eigenvalue weighted by molar-refractivity contribution is 0.0690. The maximum Gasteiger partial charge on any atom is 0.355 e. The van der Waals surface area contributed by atoms with Gasteiger partial charge in [0.05, 0.1) is 22.5 Å². The van der Waals surface area contributed by atoms with Crippen LogP contribution in [0.2, 0.25) is 0 Å². The second-order valence-electron chi connectivity index (χ2n) is 10.3. The lowest BCUT2D eigenvalue weighted by atomic mass is 9.96. The molecule has 1 atom stereocenters. The Kier molecular flexibility index (Phi) is 7.35. The topological polar surface area (TPSA) is 128 Å². The molecule has 2 fully saturated rings. The van der Waals surface area contributed by atoms with Gasteiger partial charge in [-0.1, -0.05) is 24.3 Å². The summed E-state index contributed by atoms with van der Waals surface area (Å²) in [4.78, 5) is 31.2. The molecule has 2 aromatic heterocycles. The number of nitrogens with zero attached hydrogens (tertiary/aromatic N) is 4. The number of carboxylic acid groups (broad SMARTS) is 1. The summed E-state index contributed by atoms with van der Waals surface area (Å²) in [5, 5.41) is 16.5. The van der Waals surface area contributed by atoms with Crippen molar-refractivity contribution in [1.29, 1.82) is 0 Å². The fraction of sp³-hybridized carbons (Fsp3) is 0.310. The van der Waals surface area contributed by atoms with E-state index in [2.05, 4.69) is 4.98 Å². The third kappa shape index (κ3) is 5.49. The molecule has 1 saturated carbocycles. The van der Waals surface area contributed by atoms with E-state index in [9.17, 15) is 23.5 Å². The minimum atomic E-state index is -2.67. The number of thiazole rings is 1. The minimum Gasteiger partial charge on any atom is -0.612 e. The molecule has 2 aromatic carbocycles. The molecular weight excluding hydrogens is 548 g/mol. The van der Waals surface area contributed by atoms with Crippen LogP contribution in [0.15, 0.2) is 58.8 Å². The van der Waals surface area contributed by atoms with Crippen LogP contribution in [-0.2, 0) is 28.1 Å². The molecule has 4 aromatic rings. The van der Waals surface area contributed by atoms with Gasteiger partial charge in [0.25, 0.3) is 5.91 Å². The maximum atomic E-state index is 13.2. The average Bonchev–Trinajstić information content (AvgIpc) is 3.33. The van der Waals surface area contributed by atoms with Crippen molar-refractivity contribution < 1.29 is 23.5 Å². The summed E-state index contributed by atoms with van der Waals surface area (Å²) >= 11 is -1.44. The zero-order valence-electron chi connectivity index (χ0n) is 21.7. The molecule has 1 saturated heterocycles. The van der Waals surface area contributed by atoms with Crippen LogP contribution in [0.1, 0.15) is 63.4 Å². The summed E-state index contributed by atoms with van der Waals surface area (Å²) in [7, 11) is 0. The highest BCUT2D eigenvalue weighted by molar-refractivity contribution is 7.79.